The Labute approximate surface area is 100 Å². The molecule has 0 spiro atoms. The fourth-order valence-electron chi connectivity index (χ4n) is 1.34. The summed E-state index contributed by atoms with van der Waals surface area (Å²) in [5.41, 5.74) is 1.23. The minimum absolute atomic E-state index is 0.197. The molecule has 9 heteroatoms. The first-order valence-electron chi connectivity index (χ1n) is 4.98. The topological polar surface area (TPSA) is 118 Å². The van der Waals surface area contributed by atoms with Crippen molar-refractivity contribution >= 4 is 17.3 Å². The molecule has 1 fully saturated rings. The van der Waals surface area contributed by atoms with E-state index in [1.54, 1.807) is 5.01 Å². The van der Waals surface area contributed by atoms with Crippen LogP contribution in [-0.2, 0) is 0 Å². The second kappa shape index (κ2) is 4.37. The highest BCUT2D eigenvalue weighted by atomic mass is 16.6. The molecular weight excluding hydrogens is 244 g/mol. The number of hydrogen-bond acceptors (Lipinski definition) is 6. The van der Waals surface area contributed by atoms with Gasteiger partial charge in [0.2, 0.25) is 0 Å². The molecule has 1 aromatic rings. The molecule has 0 aliphatic carbocycles. The molecule has 0 aromatic heterocycles. The van der Waals surface area contributed by atoms with Gasteiger partial charge in [0.15, 0.2) is 0 Å². The van der Waals surface area contributed by atoms with Crippen LogP contribution in [0.1, 0.15) is 10.4 Å². The van der Waals surface area contributed by atoms with Crippen molar-refractivity contribution < 1.29 is 14.6 Å². The summed E-state index contributed by atoms with van der Waals surface area (Å²) >= 11 is 0. The largest absolute Gasteiger partial charge is 0.289 e. The van der Waals surface area contributed by atoms with Crippen molar-refractivity contribution in [2.75, 3.05) is 13.1 Å². The van der Waals surface area contributed by atoms with Crippen LogP contribution in [0.25, 0.3) is 0 Å². The van der Waals surface area contributed by atoms with Crippen molar-refractivity contribution in [3.8, 4) is 0 Å². The molecule has 1 aromatic carbocycles. The number of carbonyl (C=O) groups excluding carboxylic acids is 1. The Morgan fingerprint density at radius 2 is 1.89 bits per heavy atom. The van der Waals surface area contributed by atoms with Crippen LogP contribution < -0.4 is 5.43 Å². The average Bonchev–Trinajstić information content (AvgIpc) is 3.11. The summed E-state index contributed by atoms with van der Waals surface area (Å²) in [7, 11) is 0. The van der Waals surface area contributed by atoms with Gasteiger partial charge in [0.25, 0.3) is 17.3 Å². The molecule has 18 heavy (non-hydrogen) atoms. The molecule has 1 N–H and O–H groups in total. The van der Waals surface area contributed by atoms with Gasteiger partial charge in [-0.2, -0.15) is 0 Å². The molecule has 9 nitrogen and oxygen atoms in total. The van der Waals surface area contributed by atoms with E-state index in [1.807, 2.05) is 0 Å². The average molecular weight is 252 g/mol. The van der Waals surface area contributed by atoms with Gasteiger partial charge in [-0.3, -0.25) is 30.4 Å². The van der Waals surface area contributed by atoms with E-state index in [4.69, 9.17) is 0 Å². The van der Waals surface area contributed by atoms with Gasteiger partial charge < -0.3 is 0 Å². The van der Waals surface area contributed by atoms with Crippen LogP contribution in [0.15, 0.2) is 18.2 Å². The summed E-state index contributed by atoms with van der Waals surface area (Å²) in [5.74, 6) is -0.644. The molecule has 0 radical (unpaired) electrons. The lowest BCUT2D eigenvalue weighted by Gasteiger charge is -2.05. The predicted molar refractivity (Wildman–Crippen MR) is 58.8 cm³/mol. The Balaban J connectivity index is 2.35. The quantitative estimate of drug-likeness (QED) is 0.472. The minimum Gasteiger partial charge on any atom is -0.284 e. The maximum absolute atomic E-state index is 11.7. The summed E-state index contributed by atoms with van der Waals surface area (Å²) in [6, 6.07) is 2.91. The molecular formula is C9H8N4O5. The highest BCUT2D eigenvalue weighted by molar-refractivity contribution is 5.98. The predicted octanol–water partition coefficient (Wildman–Crippen LogP) is 0.463. The smallest absolute Gasteiger partial charge is 0.284 e. The van der Waals surface area contributed by atoms with Crippen molar-refractivity contribution in [1.82, 2.24) is 10.4 Å². The third-order valence-corrected chi connectivity index (χ3v) is 2.34. The monoisotopic (exact) mass is 252 g/mol. The van der Waals surface area contributed by atoms with E-state index in [0.29, 0.717) is 13.1 Å². The van der Waals surface area contributed by atoms with Crippen LogP contribution in [0.5, 0.6) is 0 Å². The fraction of sp³-hybridized carbons (Fsp3) is 0.222. The van der Waals surface area contributed by atoms with E-state index in [2.05, 4.69) is 5.43 Å². The molecule has 2 rings (SSSR count). The number of rotatable bonds is 4. The van der Waals surface area contributed by atoms with Crippen LogP contribution >= 0.6 is 0 Å². The number of nitrogens with zero attached hydrogens (tertiary/aromatic N) is 3. The Hall–Kier alpha value is -2.55. The van der Waals surface area contributed by atoms with E-state index >= 15 is 0 Å². The zero-order valence-corrected chi connectivity index (χ0v) is 9.03. The fourth-order valence-corrected chi connectivity index (χ4v) is 1.34. The lowest BCUT2D eigenvalue weighted by Crippen LogP contribution is -2.29. The maximum Gasteiger partial charge on any atom is 0.289 e. The van der Waals surface area contributed by atoms with Crippen LogP contribution in [0.2, 0.25) is 0 Å². The van der Waals surface area contributed by atoms with Crippen molar-refractivity contribution in [3.05, 3.63) is 44.0 Å². The van der Waals surface area contributed by atoms with Gasteiger partial charge >= 0.3 is 0 Å². The van der Waals surface area contributed by atoms with Crippen LogP contribution in [0, 0.1) is 20.2 Å². The lowest BCUT2D eigenvalue weighted by molar-refractivity contribution is -0.394. The lowest BCUT2D eigenvalue weighted by atomic mass is 10.1. The van der Waals surface area contributed by atoms with Gasteiger partial charge in [0.05, 0.1) is 15.9 Å². The Morgan fingerprint density at radius 3 is 2.39 bits per heavy atom. The third-order valence-electron chi connectivity index (χ3n) is 2.34. The number of amides is 1. The first kappa shape index (κ1) is 11.9. The normalized spacial score (nSPS) is 14.0. The van der Waals surface area contributed by atoms with E-state index in [0.717, 1.165) is 18.2 Å². The standard InChI is InChI=1S/C9H8N4O5/c14-9(10-11-3-4-11)7-2-1-6(12(15)16)5-8(7)13(17)18/h1-2,5H,3-4H2,(H,10,14). The highest BCUT2D eigenvalue weighted by Gasteiger charge is 2.27. The highest BCUT2D eigenvalue weighted by Crippen LogP contribution is 2.24. The molecule has 1 amide bonds. The summed E-state index contributed by atoms with van der Waals surface area (Å²) < 4.78 is 0. The third kappa shape index (κ3) is 2.40. The summed E-state index contributed by atoms with van der Waals surface area (Å²) in [6.45, 7) is 1.37. The second-order valence-electron chi connectivity index (χ2n) is 3.64. The number of nitro groups is 2. The molecule has 1 saturated heterocycles. The molecule has 0 atom stereocenters. The van der Waals surface area contributed by atoms with Crippen molar-refractivity contribution in [1.29, 1.82) is 0 Å². The summed E-state index contributed by atoms with van der Waals surface area (Å²) in [6.07, 6.45) is 0. The molecule has 94 valence electrons. The SMILES string of the molecule is O=C(NN1CC1)c1ccc([N+](=O)[O-])cc1[N+](=O)[O-]. The Morgan fingerprint density at radius 1 is 1.22 bits per heavy atom. The second-order valence-corrected chi connectivity index (χ2v) is 3.64. The van der Waals surface area contributed by atoms with E-state index < -0.39 is 27.1 Å². The zero-order valence-electron chi connectivity index (χ0n) is 9.03. The van der Waals surface area contributed by atoms with Gasteiger partial charge in [0.1, 0.15) is 5.56 Å². The molecule has 0 saturated carbocycles. The summed E-state index contributed by atoms with van der Waals surface area (Å²) in [5, 5.41) is 22.9. The summed E-state index contributed by atoms with van der Waals surface area (Å²) in [4.78, 5) is 31.4. The Kier molecular flexibility index (Phi) is 2.90. The number of hydrogen-bond donors (Lipinski definition) is 1. The van der Waals surface area contributed by atoms with Crippen LogP contribution in [-0.4, -0.2) is 33.9 Å². The number of benzene rings is 1. The van der Waals surface area contributed by atoms with Gasteiger partial charge in [-0.05, 0) is 6.07 Å². The minimum atomic E-state index is -0.815. The van der Waals surface area contributed by atoms with E-state index in [9.17, 15) is 25.0 Å². The van der Waals surface area contributed by atoms with Crippen LogP contribution in [0.3, 0.4) is 0 Å². The van der Waals surface area contributed by atoms with E-state index in [1.165, 1.54) is 0 Å². The number of non-ortho nitro benzene ring substituents is 1. The molecule has 1 heterocycles. The zero-order chi connectivity index (χ0) is 13.3. The number of carbonyl (C=O) groups is 1. The number of nitro benzene ring substituents is 2. The van der Waals surface area contributed by atoms with Gasteiger partial charge in [0, 0.05) is 19.2 Å². The first-order chi connectivity index (χ1) is 8.49. The molecule has 0 bridgehead atoms. The van der Waals surface area contributed by atoms with Crippen molar-refractivity contribution in [2.24, 2.45) is 0 Å². The van der Waals surface area contributed by atoms with Gasteiger partial charge in [-0.15, -0.1) is 0 Å². The van der Waals surface area contributed by atoms with Crippen LogP contribution in [0.4, 0.5) is 11.4 Å². The van der Waals surface area contributed by atoms with Crippen molar-refractivity contribution in [3.63, 3.8) is 0 Å². The Bertz CT molecular complexity index is 540. The first-order valence-corrected chi connectivity index (χ1v) is 4.98. The molecule has 0 unspecified atom stereocenters. The van der Waals surface area contributed by atoms with Crippen molar-refractivity contribution in [2.45, 2.75) is 0 Å². The van der Waals surface area contributed by atoms with Gasteiger partial charge in [-0.25, -0.2) is 5.01 Å². The number of hydrazine groups is 1. The maximum atomic E-state index is 11.7. The molecule has 1 aliphatic rings. The molecule has 1 aliphatic heterocycles. The van der Waals surface area contributed by atoms with Gasteiger partial charge in [-0.1, -0.05) is 0 Å². The number of nitrogens with one attached hydrogen (secondary N) is 1. The van der Waals surface area contributed by atoms with E-state index in [-0.39, 0.29) is 5.56 Å².